The smallest absolute Gasteiger partial charge is 0.325 e. The predicted molar refractivity (Wildman–Crippen MR) is 97.7 cm³/mol. The van der Waals surface area contributed by atoms with Crippen molar-refractivity contribution in [3.05, 3.63) is 59.2 Å². The molecule has 0 unspecified atom stereocenters. The third-order valence-corrected chi connectivity index (χ3v) is 3.56. The first kappa shape index (κ1) is 19.3. The Kier molecular flexibility index (Phi) is 7.02. The monoisotopic (exact) mass is 357 g/mol. The van der Waals surface area contributed by atoms with Crippen molar-refractivity contribution in [3.8, 4) is 11.5 Å². The molecule has 138 valence electrons. The van der Waals surface area contributed by atoms with Crippen molar-refractivity contribution in [2.45, 2.75) is 13.8 Å². The number of esters is 1. The summed E-state index contributed by atoms with van der Waals surface area (Å²) in [7, 11) is 1.55. The highest BCUT2D eigenvalue weighted by molar-refractivity contribution is 5.96. The Morgan fingerprint density at radius 2 is 1.58 bits per heavy atom. The standard InChI is InChI=1S/C20H23NO5/c1-14-10-15(2)12-18(11-14)25-8-9-26-19(22)13-21-20(23)16-4-6-17(24-3)7-5-16/h4-7,10-12H,8-9,13H2,1-3H3,(H,21,23). The molecule has 2 aromatic rings. The number of benzene rings is 2. The first-order chi connectivity index (χ1) is 12.5. The van der Waals surface area contributed by atoms with Crippen LogP contribution in [0.3, 0.4) is 0 Å². The topological polar surface area (TPSA) is 73.9 Å². The van der Waals surface area contributed by atoms with E-state index in [1.165, 1.54) is 0 Å². The summed E-state index contributed by atoms with van der Waals surface area (Å²) in [4.78, 5) is 23.6. The van der Waals surface area contributed by atoms with E-state index in [0.717, 1.165) is 16.9 Å². The zero-order chi connectivity index (χ0) is 18.9. The van der Waals surface area contributed by atoms with Gasteiger partial charge in [0, 0.05) is 5.56 Å². The summed E-state index contributed by atoms with van der Waals surface area (Å²) >= 11 is 0. The zero-order valence-corrected chi connectivity index (χ0v) is 15.2. The molecule has 0 saturated carbocycles. The number of nitrogens with one attached hydrogen (secondary N) is 1. The normalized spacial score (nSPS) is 10.1. The van der Waals surface area contributed by atoms with Crippen LogP contribution in [0.2, 0.25) is 0 Å². The van der Waals surface area contributed by atoms with E-state index < -0.39 is 5.97 Å². The first-order valence-electron chi connectivity index (χ1n) is 8.27. The molecule has 2 rings (SSSR count). The van der Waals surface area contributed by atoms with Gasteiger partial charge in [-0.15, -0.1) is 0 Å². The lowest BCUT2D eigenvalue weighted by Crippen LogP contribution is -2.31. The zero-order valence-electron chi connectivity index (χ0n) is 15.2. The molecule has 1 N–H and O–H groups in total. The van der Waals surface area contributed by atoms with E-state index >= 15 is 0 Å². The van der Waals surface area contributed by atoms with E-state index in [0.29, 0.717) is 11.3 Å². The Morgan fingerprint density at radius 1 is 0.923 bits per heavy atom. The number of carbonyl (C=O) groups is 2. The van der Waals surface area contributed by atoms with E-state index in [1.807, 2.05) is 26.0 Å². The maximum Gasteiger partial charge on any atom is 0.325 e. The van der Waals surface area contributed by atoms with E-state index in [-0.39, 0.29) is 25.7 Å². The van der Waals surface area contributed by atoms with Crippen LogP contribution in [-0.2, 0) is 9.53 Å². The van der Waals surface area contributed by atoms with Gasteiger partial charge in [-0.25, -0.2) is 0 Å². The first-order valence-corrected chi connectivity index (χ1v) is 8.27. The molecule has 0 aliphatic carbocycles. The molecule has 1 amide bonds. The molecule has 6 nitrogen and oxygen atoms in total. The molecule has 0 heterocycles. The second kappa shape index (κ2) is 9.46. The second-order valence-electron chi connectivity index (χ2n) is 5.80. The molecule has 0 fully saturated rings. The highest BCUT2D eigenvalue weighted by Gasteiger charge is 2.09. The largest absolute Gasteiger partial charge is 0.497 e. The fraction of sp³-hybridized carbons (Fsp3) is 0.300. The summed E-state index contributed by atoms with van der Waals surface area (Å²) in [6.07, 6.45) is 0. The Morgan fingerprint density at radius 3 is 2.19 bits per heavy atom. The van der Waals surface area contributed by atoms with Gasteiger partial charge in [0.15, 0.2) is 0 Å². The average molecular weight is 357 g/mol. The molecule has 0 spiro atoms. The van der Waals surface area contributed by atoms with E-state index in [2.05, 4.69) is 11.4 Å². The maximum atomic E-state index is 11.9. The minimum absolute atomic E-state index is 0.115. The molecule has 0 saturated heterocycles. The van der Waals surface area contributed by atoms with E-state index in [1.54, 1.807) is 31.4 Å². The summed E-state index contributed by atoms with van der Waals surface area (Å²) in [5.41, 5.74) is 2.66. The number of amides is 1. The molecular weight excluding hydrogens is 334 g/mol. The average Bonchev–Trinajstić information content (AvgIpc) is 2.62. The summed E-state index contributed by atoms with van der Waals surface area (Å²) in [5, 5.41) is 2.51. The fourth-order valence-corrected chi connectivity index (χ4v) is 2.38. The minimum atomic E-state index is -0.518. The summed E-state index contributed by atoms with van der Waals surface area (Å²) in [5.74, 6) is 0.531. The van der Waals surface area contributed by atoms with E-state index in [9.17, 15) is 9.59 Å². The van der Waals surface area contributed by atoms with Crippen LogP contribution < -0.4 is 14.8 Å². The van der Waals surface area contributed by atoms with Crippen LogP contribution in [0, 0.1) is 13.8 Å². The van der Waals surface area contributed by atoms with Crippen LogP contribution in [0.15, 0.2) is 42.5 Å². The maximum absolute atomic E-state index is 11.9. The fourth-order valence-electron chi connectivity index (χ4n) is 2.38. The molecule has 0 radical (unpaired) electrons. The third kappa shape index (κ3) is 6.12. The number of ether oxygens (including phenoxy) is 3. The van der Waals surface area contributed by atoms with Crippen LogP contribution in [0.5, 0.6) is 11.5 Å². The van der Waals surface area contributed by atoms with Crippen LogP contribution >= 0.6 is 0 Å². The van der Waals surface area contributed by atoms with Crippen molar-refractivity contribution < 1.29 is 23.8 Å². The predicted octanol–water partition coefficient (Wildman–Crippen LogP) is 2.66. The molecular formula is C20H23NO5. The number of hydrogen-bond acceptors (Lipinski definition) is 5. The quantitative estimate of drug-likeness (QED) is 0.581. The number of methoxy groups -OCH3 is 1. The lowest BCUT2D eigenvalue weighted by atomic mass is 10.1. The van der Waals surface area contributed by atoms with Gasteiger partial charge < -0.3 is 19.5 Å². The van der Waals surface area contributed by atoms with Crippen molar-refractivity contribution in [3.63, 3.8) is 0 Å². The van der Waals surface area contributed by atoms with Gasteiger partial charge in [0.2, 0.25) is 0 Å². The summed E-state index contributed by atoms with van der Waals surface area (Å²) in [6.45, 7) is 4.15. The van der Waals surface area contributed by atoms with Crippen molar-refractivity contribution in [2.75, 3.05) is 26.9 Å². The van der Waals surface area contributed by atoms with Crippen LogP contribution in [0.4, 0.5) is 0 Å². The number of hydrogen-bond donors (Lipinski definition) is 1. The summed E-state index contributed by atoms with van der Waals surface area (Å²) < 4.78 is 15.6. The Balaban J connectivity index is 1.67. The molecule has 6 heteroatoms. The van der Waals surface area contributed by atoms with Crippen molar-refractivity contribution in [1.29, 1.82) is 0 Å². The second-order valence-corrected chi connectivity index (χ2v) is 5.80. The SMILES string of the molecule is COc1ccc(C(=O)NCC(=O)OCCOc2cc(C)cc(C)c2)cc1. The van der Waals surface area contributed by atoms with Crippen molar-refractivity contribution in [1.82, 2.24) is 5.32 Å². The van der Waals surface area contributed by atoms with Crippen molar-refractivity contribution >= 4 is 11.9 Å². The molecule has 2 aromatic carbocycles. The van der Waals surface area contributed by atoms with Gasteiger partial charge in [0.1, 0.15) is 31.3 Å². The van der Waals surface area contributed by atoms with Gasteiger partial charge in [0.05, 0.1) is 7.11 Å². The van der Waals surface area contributed by atoms with Crippen LogP contribution in [0.1, 0.15) is 21.5 Å². The lowest BCUT2D eigenvalue weighted by molar-refractivity contribution is -0.143. The van der Waals surface area contributed by atoms with Gasteiger partial charge in [0.25, 0.3) is 5.91 Å². The van der Waals surface area contributed by atoms with Gasteiger partial charge >= 0.3 is 5.97 Å². The van der Waals surface area contributed by atoms with E-state index in [4.69, 9.17) is 14.2 Å². The molecule has 0 bridgehead atoms. The van der Waals surface area contributed by atoms with Crippen LogP contribution in [0.25, 0.3) is 0 Å². The number of rotatable bonds is 8. The Hall–Kier alpha value is -3.02. The van der Waals surface area contributed by atoms with Gasteiger partial charge in [-0.2, -0.15) is 0 Å². The highest BCUT2D eigenvalue weighted by Crippen LogP contribution is 2.16. The minimum Gasteiger partial charge on any atom is -0.497 e. The van der Waals surface area contributed by atoms with Gasteiger partial charge in [-0.1, -0.05) is 6.07 Å². The number of carbonyl (C=O) groups excluding carboxylic acids is 2. The van der Waals surface area contributed by atoms with Crippen LogP contribution in [-0.4, -0.2) is 38.7 Å². The Bertz CT molecular complexity index is 735. The summed E-state index contributed by atoms with van der Waals surface area (Å²) in [6, 6.07) is 12.5. The molecule has 26 heavy (non-hydrogen) atoms. The van der Waals surface area contributed by atoms with Gasteiger partial charge in [-0.3, -0.25) is 9.59 Å². The van der Waals surface area contributed by atoms with Gasteiger partial charge in [-0.05, 0) is 61.4 Å². The molecule has 0 aromatic heterocycles. The highest BCUT2D eigenvalue weighted by atomic mass is 16.6. The lowest BCUT2D eigenvalue weighted by Gasteiger charge is -2.09. The molecule has 0 aliphatic rings. The molecule has 0 atom stereocenters. The Labute approximate surface area is 153 Å². The number of aryl methyl sites for hydroxylation is 2. The molecule has 0 aliphatic heterocycles. The third-order valence-electron chi connectivity index (χ3n) is 3.56. The van der Waals surface area contributed by atoms with Crippen molar-refractivity contribution in [2.24, 2.45) is 0 Å².